The lowest BCUT2D eigenvalue weighted by Crippen LogP contribution is -2.34. The van der Waals surface area contributed by atoms with E-state index in [-0.39, 0.29) is 11.8 Å². The van der Waals surface area contributed by atoms with Crippen molar-refractivity contribution in [2.75, 3.05) is 13.6 Å². The third kappa shape index (κ3) is 3.73. The fourth-order valence-electron chi connectivity index (χ4n) is 1.26. The van der Waals surface area contributed by atoms with E-state index in [1.54, 1.807) is 12.1 Å². The van der Waals surface area contributed by atoms with Crippen LogP contribution in [-0.2, 0) is 0 Å². The van der Waals surface area contributed by atoms with Crippen LogP contribution in [0.2, 0.25) is 0 Å². The Morgan fingerprint density at radius 2 is 1.81 bits per heavy atom. The lowest BCUT2D eigenvalue weighted by Gasteiger charge is -2.04. The van der Waals surface area contributed by atoms with E-state index in [4.69, 9.17) is 0 Å². The van der Waals surface area contributed by atoms with Crippen molar-refractivity contribution < 1.29 is 9.59 Å². The second kappa shape index (κ2) is 5.90. The molecule has 2 N–H and O–H groups in total. The van der Waals surface area contributed by atoms with Crippen molar-refractivity contribution in [3.63, 3.8) is 0 Å². The first-order chi connectivity index (χ1) is 7.63. The molecule has 0 heterocycles. The molecule has 0 saturated heterocycles. The van der Waals surface area contributed by atoms with Crippen molar-refractivity contribution in [2.45, 2.75) is 13.3 Å². The van der Waals surface area contributed by atoms with Crippen molar-refractivity contribution in [1.29, 1.82) is 0 Å². The van der Waals surface area contributed by atoms with E-state index >= 15 is 0 Å². The number of Topliss-reactive ketones (excluding diaryl/α,β-unsaturated/α-hetero) is 1. The van der Waals surface area contributed by atoms with Gasteiger partial charge in [-0.3, -0.25) is 4.79 Å². The van der Waals surface area contributed by atoms with Gasteiger partial charge in [-0.1, -0.05) is 29.8 Å². The topological polar surface area (TPSA) is 58.2 Å². The van der Waals surface area contributed by atoms with Crippen LogP contribution in [0.4, 0.5) is 4.79 Å². The summed E-state index contributed by atoms with van der Waals surface area (Å²) in [7, 11) is 1.54. The third-order valence-electron chi connectivity index (χ3n) is 2.24. The summed E-state index contributed by atoms with van der Waals surface area (Å²) in [5, 5.41) is 5.00. The Balaban J connectivity index is 2.41. The van der Waals surface area contributed by atoms with Gasteiger partial charge in [-0.2, -0.15) is 0 Å². The van der Waals surface area contributed by atoms with Crippen molar-refractivity contribution in [2.24, 2.45) is 0 Å². The number of urea groups is 1. The first-order valence-electron chi connectivity index (χ1n) is 5.19. The van der Waals surface area contributed by atoms with Crippen LogP contribution in [0.1, 0.15) is 22.3 Å². The maximum atomic E-state index is 11.7. The minimum atomic E-state index is -0.267. The van der Waals surface area contributed by atoms with Gasteiger partial charge in [0.2, 0.25) is 0 Å². The fraction of sp³-hybridized carbons (Fsp3) is 0.333. The highest BCUT2D eigenvalue weighted by Crippen LogP contribution is 2.05. The number of nitrogens with one attached hydrogen (secondary N) is 2. The monoisotopic (exact) mass is 220 g/mol. The molecule has 0 bridgehead atoms. The van der Waals surface area contributed by atoms with Crippen molar-refractivity contribution in [3.05, 3.63) is 35.4 Å². The molecule has 0 aromatic heterocycles. The first kappa shape index (κ1) is 12.2. The summed E-state index contributed by atoms with van der Waals surface area (Å²) < 4.78 is 0. The lowest BCUT2D eigenvalue weighted by molar-refractivity contribution is 0.0983. The number of hydrogen-bond acceptors (Lipinski definition) is 2. The van der Waals surface area contributed by atoms with Gasteiger partial charge in [0.15, 0.2) is 5.78 Å². The SMILES string of the molecule is CNC(=O)NCCC(=O)c1ccc(C)cc1. The molecule has 16 heavy (non-hydrogen) atoms. The van der Waals surface area contributed by atoms with E-state index < -0.39 is 0 Å². The number of ketones is 1. The molecular weight excluding hydrogens is 204 g/mol. The Morgan fingerprint density at radius 1 is 1.19 bits per heavy atom. The van der Waals surface area contributed by atoms with E-state index in [1.807, 2.05) is 19.1 Å². The zero-order valence-electron chi connectivity index (χ0n) is 9.54. The molecule has 4 nitrogen and oxygen atoms in total. The zero-order valence-corrected chi connectivity index (χ0v) is 9.54. The predicted octanol–water partition coefficient (Wildman–Crippen LogP) is 1.50. The average molecular weight is 220 g/mol. The van der Waals surface area contributed by atoms with Crippen LogP contribution in [0.5, 0.6) is 0 Å². The Bertz CT molecular complexity index is 371. The minimum Gasteiger partial charge on any atom is -0.341 e. The summed E-state index contributed by atoms with van der Waals surface area (Å²) >= 11 is 0. The molecule has 0 spiro atoms. The predicted molar refractivity (Wildman–Crippen MR) is 62.6 cm³/mol. The van der Waals surface area contributed by atoms with Gasteiger partial charge in [-0.25, -0.2) is 4.79 Å². The molecule has 2 amide bonds. The van der Waals surface area contributed by atoms with E-state index in [0.717, 1.165) is 5.56 Å². The van der Waals surface area contributed by atoms with Gasteiger partial charge in [0, 0.05) is 25.6 Å². The zero-order chi connectivity index (χ0) is 12.0. The van der Waals surface area contributed by atoms with Gasteiger partial charge in [0.1, 0.15) is 0 Å². The van der Waals surface area contributed by atoms with Crippen LogP contribution in [0.15, 0.2) is 24.3 Å². The van der Waals surface area contributed by atoms with Gasteiger partial charge < -0.3 is 10.6 Å². The number of carbonyl (C=O) groups is 2. The Kier molecular flexibility index (Phi) is 4.51. The smallest absolute Gasteiger partial charge is 0.314 e. The quantitative estimate of drug-likeness (QED) is 0.755. The average Bonchev–Trinajstić information content (AvgIpc) is 2.29. The number of amides is 2. The Hall–Kier alpha value is -1.84. The molecule has 0 fully saturated rings. The fourth-order valence-corrected chi connectivity index (χ4v) is 1.26. The van der Waals surface area contributed by atoms with E-state index in [9.17, 15) is 9.59 Å². The largest absolute Gasteiger partial charge is 0.341 e. The molecule has 0 aliphatic carbocycles. The normalized spacial score (nSPS) is 9.62. The summed E-state index contributed by atoms with van der Waals surface area (Å²) in [6.07, 6.45) is 0.316. The van der Waals surface area contributed by atoms with Crippen LogP contribution >= 0.6 is 0 Å². The maximum absolute atomic E-state index is 11.7. The Labute approximate surface area is 95.0 Å². The number of rotatable bonds is 4. The lowest BCUT2D eigenvalue weighted by atomic mass is 10.1. The number of hydrogen-bond donors (Lipinski definition) is 2. The standard InChI is InChI=1S/C12H16N2O2/c1-9-3-5-10(6-4-9)11(15)7-8-14-12(16)13-2/h3-6H,7-8H2,1-2H3,(H2,13,14,16). The van der Waals surface area contributed by atoms with Gasteiger partial charge in [0.05, 0.1) is 0 Å². The molecule has 0 aliphatic rings. The van der Waals surface area contributed by atoms with Gasteiger partial charge in [0.25, 0.3) is 0 Å². The van der Waals surface area contributed by atoms with Crippen LogP contribution in [0.25, 0.3) is 0 Å². The van der Waals surface area contributed by atoms with Crippen LogP contribution in [-0.4, -0.2) is 25.4 Å². The van der Waals surface area contributed by atoms with Crippen molar-refractivity contribution >= 4 is 11.8 Å². The molecule has 0 unspecified atom stereocenters. The molecule has 0 radical (unpaired) electrons. The highest BCUT2D eigenvalue weighted by molar-refractivity contribution is 5.96. The molecular formula is C12H16N2O2. The maximum Gasteiger partial charge on any atom is 0.314 e. The minimum absolute atomic E-state index is 0.0383. The summed E-state index contributed by atoms with van der Waals surface area (Å²) in [4.78, 5) is 22.5. The number of benzene rings is 1. The highest BCUT2D eigenvalue weighted by Gasteiger charge is 2.05. The molecule has 0 atom stereocenters. The summed E-state index contributed by atoms with van der Waals surface area (Å²) in [5.74, 6) is 0.0383. The van der Waals surface area contributed by atoms with Crippen LogP contribution in [0.3, 0.4) is 0 Å². The number of carbonyl (C=O) groups excluding carboxylic acids is 2. The van der Waals surface area contributed by atoms with Gasteiger partial charge in [-0.05, 0) is 6.92 Å². The molecule has 0 saturated carbocycles. The van der Waals surface area contributed by atoms with Crippen molar-refractivity contribution in [3.8, 4) is 0 Å². The van der Waals surface area contributed by atoms with E-state index in [0.29, 0.717) is 18.5 Å². The van der Waals surface area contributed by atoms with Crippen LogP contribution < -0.4 is 10.6 Å². The second-order valence-corrected chi connectivity index (χ2v) is 3.55. The molecule has 86 valence electrons. The third-order valence-corrected chi connectivity index (χ3v) is 2.24. The van der Waals surface area contributed by atoms with Crippen molar-refractivity contribution in [1.82, 2.24) is 10.6 Å². The molecule has 1 aromatic rings. The summed E-state index contributed by atoms with van der Waals surface area (Å²) in [5.41, 5.74) is 1.81. The summed E-state index contributed by atoms with van der Waals surface area (Å²) in [6, 6.07) is 7.14. The Morgan fingerprint density at radius 3 is 2.38 bits per heavy atom. The van der Waals surface area contributed by atoms with E-state index in [2.05, 4.69) is 10.6 Å². The highest BCUT2D eigenvalue weighted by atomic mass is 16.2. The molecule has 4 heteroatoms. The van der Waals surface area contributed by atoms with Gasteiger partial charge >= 0.3 is 6.03 Å². The molecule has 1 rings (SSSR count). The van der Waals surface area contributed by atoms with Crippen LogP contribution in [0, 0.1) is 6.92 Å². The van der Waals surface area contributed by atoms with E-state index in [1.165, 1.54) is 7.05 Å². The second-order valence-electron chi connectivity index (χ2n) is 3.55. The molecule has 0 aliphatic heterocycles. The molecule has 1 aromatic carbocycles. The first-order valence-corrected chi connectivity index (χ1v) is 5.19. The number of aryl methyl sites for hydroxylation is 1. The summed E-state index contributed by atoms with van der Waals surface area (Å²) in [6.45, 7) is 2.33. The van der Waals surface area contributed by atoms with Gasteiger partial charge in [-0.15, -0.1) is 0 Å².